The maximum Gasteiger partial charge on any atom is 0.227 e. The van der Waals surface area contributed by atoms with E-state index in [1.54, 1.807) is 0 Å². The standard InChI is InChI=1S/C25H29F2N3O3/c1-17(33-12-10-18-7-4-3-5-8-18)29-19-15-30(16-19)20-13-22(26)24(23(27)14-20)21(9-6-11-31)25(32)28-2/h3-5,7-8,11,13-14,19,21,29H,1,6,9-10,12,15-16H2,2H3,(H,28,32). The van der Waals surface area contributed by atoms with Gasteiger partial charge in [0.05, 0.1) is 18.6 Å². The van der Waals surface area contributed by atoms with E-state index in [4.69, 9.17) is 4.74 Å². The van der Waals surface area contributed by atoms with E-state index in [9.17, 15) is 18.4 Å². The smallest absolute Gasteiger partial charge is 0.227 e. The number of hydrogen-bond acceptors (Lipinski definition) is 5. The Balaban J connectivity index is 1.52. The minimum atomic E-state index is -1.06. The number of nitrogens with one attached hydrogen (secondary N) is 2. The predicted octanol–water partition coefficient (Wildman–Crippen LogP) is 3.28. The summed E-state index contributed by atoms with van der Waals surface area (Å²) in [5.41, 5.74) is 1.27. The normalized spacial score (nSPS) is 14.2. The van der Waals surface area contributed by atoms with Crippen molar-refractivity contribution in [2.45, 2.75) is 31.2 Å². The molecule has 0 saturated carbocycles. The van der Waals surface area contributed by atoms with Gasteiger partial charge in [0.1, 0.15) is 17.9 Å². The molecule has 1 saturated heterocycles. The Hall–Kier alpha value is -3.42. The van der Waals surface area contributed by atoms with E-state index < -0.39 is 23.5 Å². The number of hydrogen-bond donors (Lipinski definition) is 2. The predicted molar refractivity (Wildman–Crippen MR) is 123 cm³/mol. The van der Waals surface area contributed by atoms with Gasteiger partial charge in [-0.15, -0.1) is 0 Å². The van der Waals surface area contributed by atoms with Crippen LogP contribution in [0.1, 0.15) is 29.9 Å². The van der Waals surface area contributed by atoms with Gasteiger partial charge in [-0.05, 0) is 30.7 Å². The van der Waals surface area contributed by atoms with Crippen LogP contribution in [0.25, 0.3) is 0 Å². The Kier molecular flexibility index (Phi) is 8.40. The number of nitrogens with zero attached hydrogens (tertiary/aromatic N) is 1. The summed E-state index contributed by atoms with van der Waals surface area (Å²) in [6.07, 6.45) is 1.48. The lowest BCUT2D eigenvalue weighted by atomic mass is 9.91. The zero-order chi connectivity index (χ0) is 23.8. The second-order valence-electron chi connectivity index (χ2n) is 7.99. The maximum atomic E-state index is 14.8. The molecule has 1 heterocycles. The van der Waals surface area contributed by atoms with Crippen molar-refractivity contribution in [3.05, 3.63) is 77.7 Å². The molecule has 1 unspecified atom stereocenters. The van der Waals surface area contributed by atoms with Gasteiger partial charge >= 0.3 is 0 Å². The Bertz CT molecular complexity index is 955. The van der Waals surface area contributed by atoms with Crippen molar-refractivity contribution in [3.8, 4) is 0 Å². The highest BCUT2D eigenvalue weighted by atomic mass is 19.1. The molecule has 2 N–H and O–H groups in total. The second-order valence-corrected chi connectivity index (χ2v) is 7.99. The topological polar surface area (TPSA) is 70.7 Å². The summed E-state index contributed by atoms with van der Waals surface area (Å²) < 4.78 is 35.2. The number of carbonyl (C=O) groups is 2. The molecule has 1 amide bonds. The molecule has 1 aliphatic rings. The molecule has 0 radical (unpaired) electrons. The van der Waals surface area contributed by atoms with Crippen molar-refractivity contribution < 1.29 is 23.1 Å². The summed E-state index contributed by atoms with van der Waals surface area (Å²) in [4.78, 5) is 24.6. The van der Waals surface area contributed by atoms with Crippen molar-refractivity contribution >= 4 is 17.9 Å². The van der Waals surface area contributed by atoms with Gasteiger partial charge in [0.25, 0.3) is 0 Å². The quantitative estimate of drug-likeness (QED) is 0.378. The molecular weight excluding hydrogens is 428 g/mol. The first-order valence-corrected chi connectivity index (χ1v) is 10.9. The van der Waals surface area contributed by atoms with Gasteiger partial charge < -0.3 is 25.1 Å². The van der Waals surface area contributed by atoms with Crippen molar-refractivity contribution in [3.63, 3.8) is 0 Å². The second kappa shape index (κ2) is 11.4. The zero-order valence-electron chi connectivity index (χ0n) is 18.7. The maximum absolute atomic E-state index is 14.8. The molecule has 3 rings (SSSR count). The van der Waals surface area contributed by atoms with Crippen molar-refractivity contribution in [1.29, 1.82) is 0 Å². The molecule has 176 valence electrons. The van der Waals surface area contributed by atoms with Crippen LogP contribution in [0.2, 0.25) is 0 Å². The van der Waals surface area contributed by atoms with E-state index in [1.165, 1.54) is 24.7 Å². The highest BCUT2D eigenvalue weighted by molar-refractivity contribution is 5.84. The first-order valence-electron chi connectivity index (χ1n) is 10.9. The van der Waals surface area contributed by atoms with E-state index in [-0.39, 0.29) is 24.4 Å². The van der Waals surface area contributed by atoms with Gasteiger partial charge in [-0.2, -0.15) is 0 Å². The number of halogens is 2. The number of anilines is 1. The molecule has 2 aromatic rings. The average molecular weight is 458 g/mol. The number of rotatable bonds is 12. The van der Waals surface area contributed by atoms with Crippen molar-refractivity contribution in [2.24, 2.45) is 0 Å². The molecule has 0 bridgehead atoms. The summed E-state index contributed by atoms with van der Waals surface area (Å²) in [6.45, 7) is 5.44. The van der Waals surface area contributed by atoms with E-state index in [0.717, 1.165) is 6.42 Å². The Labute approximate surface area is 192 Å². The molecule has 1 fully saturated rings. The van der Waals surface area contributed by atoms with E-state index >= 15 is 0 Å². The van der Waals surface area contributed by atoms with Crippen LogP contribution in [0, 0.1) is 11.6 Å². The third kappa shape index (κ3) is 6.31. The number of benzene rings is 2. The van der Waals surface area contributed by atoms with Crippen LogP contribution in [-0.4, -0.2) is 45.0 Å². The lowest BCUT2D eigenvalue weighted by Crippen LogP contribution is -2.58. The van der Waals surface area contributed by atoms with Gasteiger partial charge in [0.2, 0.25) is 5.91 Å². The number of aldehydes is 1. The lowest BCUT2D eigenvalue weighted by Gasteiger charge is -2.42. The fourth-order valence-corrected chi connectivity index (χ4v) is 3.89. The van der Waals surface area contributed by atoms with Crippen molar-refractivity contribution in [2.75, 3.05) is 31.6 Å². The van der Waals surface area contributed by atoms with Gasteiger partial charge in [0, 0.05) is 44.2 Å². The van der Waals surface area contributed by atoms with Crippen LogP contribution in [0.15, 0.2) is 54.9 Å². The monoisotopic (exact) mass is 457 g/mol. The molecule has 1 aliphatic heterocycles. The molecule has 33 heavy (non-hydrogen) atoms. The fraction of sp³-hybridized carbons (Fsp3) is 0.360. The lowest BCUT2D eigenvalue weighted by molar-refractivity contribution is -0.122. The van der Waals surface area contributed by atoms with Crippen LogP contribution >= 0.6 is 0 Å². The highest BCUT2D eigenvalue weighted by Crippen LogP contribution is 2.32. The van der Waals surface area contributed by atoms with Gasteiger partial charge in [-0.3, -0.25) is 4.79 Å². The number of amides is 1. The summed E-state index contributed by atoms with van der Waals surface area (Å²) in [5, 5.41) is 5.58. The third-order valence-corrected chi connectivity index (χ3v) is 5.67. The SMILES string of the molecule is C=C(NC1CN(c2cc(F)c(C(CCC=O)C(=O)NC)c(F)c2)C1)OCCc1ccccc1. The van der Waals surface area contributed by atoms with Crippen LogP contribution in [-0.2, 0) is 20.7 Å². The Morgan fingerprint density at radius 3 is 2.52 bits per heavy atom. The third-order valence-electron chi connectivity index (χ3n) is 5.67. The minimum absolute atomic E-state index is 0.0372. The number of carbonyl (C=O) groups excluding carboxylic acids is 2. The van der Waals surface area contributed by atoms with Crippen molar-refractivity contribution in [1.82, 2.24) is 10.6 Å². The summed E-state index contributed by atoms with van der Waals surface area (Å²) in [7, 11) is 1.40. The average Bonchev–Trinajstić information content (AvgIpc) is 2.77. The Morgan fingerprint density at radius 2 is 1.91 bits per heavy atom. The molecule has 8 heteroatoms. The van der Waals surface area contributed by atoms with Gasteiger partial charge in [-0.25, -0.2) is 8.78 Å². The van der Waals surface area contributed by atoms with Gasteiger partial charge in [-0.1, -0.05) is 30.3 Å². The molecule has 0 spiro atoms. The number of likely N-dealkylation sites (N-methyl/N-ethyl adjacent to an activating group) is 1. The van der Waals surface area contributed by atoms with Crippen LogP contribution in [0.5, 0.6) is 0 Å². The van der Waals surface area contributed by atoms with Crippen LogP contribution < -0.4 is 15.5 Å². The summed E-state index contributed by atoms with van der Waals surface area (Å²) in [6, 6.07) is 12.5. The zero-order valence-corrected chi connectivity index (χ0v) is 18.7. The fourth-order valence-electron chi connectivity index (χ4n) is 3.89. The molecule has 0 aromatic heterocycles. The molecule has 6 nitrogen and oxygen atoms in total. The highest BCUT2D eigenvalue weighted by Gasteiger charge is 2.31. The molecule has 2 aromatic carbocycles. The Morgan fingerprint density at radius 1 is 1.24 bits per heavy atom. The van der Waals surface area contributed by atoms with E-state index in [1.807, 2.05) is 35.2 Å². The van der Waals surface area contributed by atoms with Crippen LogP contribution in [0.3, 0.4) is 0 Å². The number of ether oxygens (including phenoxy) is 1. The van der Waals surface area contributed by atoms with Gasteiger partial charge in [0.15, 0.2) is 5.88 Å². The van der Waals surface area contributed by atoms with E-state index in [0.29, 0.717) is 37.6 Å². The first-order chi connectivity index (χ1) is 15.9. The minimum Gasteiger partial charge on any atom is -0.479 e. The molecule has 1 atom stereocenters. The summed E-state index contributed by atoms with van der Waals surface area (Å²) >= 11 is 0. The molecular formula is C25H29F2N3O3. The van der Waals surface area contributed by atoms with Crippen LogP contribution in [0.4, 0.5) is 14.5 Å². The molecule has 0 aliphatic carbocycles. The first kappa shape index (κ1) is 24.2. The van der Waals surface area contributed by atoms with E-state index in [2.05, 4.69) is 17.2 Å². The largest absolute Gasteiger partial charge is 0.479 e. The summed E-state index contributed by atoms with van der Waals surface area (Å²) in [5.74, 6) is -2.71.